The first-order valence-corrected chi connectivity index (χ1v) is 8.94. The predicted molar refractivity (Wildman–Crippen MR) is 108 cm³/mol. The van der Waals surface area contributed by atoms with Gasteiger partial charge < -0.3 is 9.68 Å². The molecule has 0 aromatic carbocycles. The van der Waals surface area contributed by atoms with Gasteiger partial charge in [0, 0.05) is 11.4 Å². The highest BCUT2D eigenvalue weighted by molar-refractivity contribution is 5.96. The van der Waals surface area contributed by atoms with Crippen LogP contribution in [0, 0.1) is 6.92 Å². The minimum atomic E-state index is 0.381. The van der Waals surface area contributed by atoms with Crippen LogP contribution in [0.2, 0.25) is 0 Å². The molecule has 0 aliphatic rings. The summed E-state index contributed by atoms with van der Waals surface area (Å²) >= 11 is 0. The largest absolute Gasteiger partial charge is 0.396 e. The van der Waals surface area contributed by atoms with Gasteiger partial charge in [-0.05, 0) is 57.9 Å². The highest BCUT2D eigenvalue weighted by atomic mass is 16.6. The van der Waals surface area contributed by atoms with Gasteiger partial charge >= 0.3 is 0 Å². The molecule has 0 aliphatic heterocycles. The summed E-state index contributed by atoms with van der Waals surface area (Å²) < 4.78 is 0. The molecule has 2 aromatic rings. The maximum atomic E-state index is 5.42. The molecule has 0 atom stereocenters. The van der Waals surface area contributed by atoms with E-state index in [0.29, 0.717) is 13.2 Å². The van der Waals surface area contributed by atoms with Gasteiger partial charge in [0.25, 0.3) is 0 Å². The number of pyridine rings is 2. The van der Waals surface area contributed by atoms with Crippen molar-refractivity contribution in [1.82, 2.24) is 9.97 Å². The number of hydrogen-bond acceptors (Lipinski definition) is 6. The van der Waals surface area contributed by atoms with Gasteiger partial charge in [-0.25, -0.2) is 0 Å². The molecule has 0 spiro atoms. The molecule has 2 rings (SSSR count). The lowest BCUT2D eigenvalue weighted by Crippen LogP contribution is -2.04. The van der Waals surface area contributed by atoms with Gasteiger partial charge in [-0.3, -0.25) is 9.97 Å². The maximum absolute atomic E-state index is 5.42. The Morgan fingerprint density at radius 1 is 1.00 bits per heavy atom. The first-order chi connectivity index (χ1) is 13.1. The molecule has 2 heterocycles. The zero-order valence-electron chi connectivity index (χ0n) is 16.2. The number of aromatic nitrogens is 2. The van der Waals surface area contributed by atoms with Crippen LogP contribution < -0.4 is 0 Å². The molecular formula is C21H26N4O2. The average molecular weight is 366 g/mol. The van der Waals surface area contributed by atoms with Gasteiger partial charge in [-0.1, -0.05) is 35.1 Å². The Balaban J connectivity index is 1.81. The fourth-order valence-corrected chi connectivity index (χ4v) is 2.31. The van der Waals surface area contributed by atoms with Crippen molar-refractivity contribution in [3.8, 4) is 0 Å². The summed E-state index contributed by atoms with van der Waals surface area (Å²) in [6.07, 6.45) is 3.27. The highest BCUT2D eigenvalue weighted by Crippen LogP contribution is 2.05. The third kappa shape index (κ3) is 7.01. The molecule has 0 aliphatic carbocycles. The van der Waals surface area contributed by atoms with Gasteiger partial charge in [0.1, 0.15) is 24.6 Å². The summed E-state index contributed by atoms with van der Waals surface area (Å²) in [5, 5.41) is 8.17. The Kier molecular flexibility index (Phi) is 8.16. The smallest absolute Gasteiger partial charge is 0.135 e. The average Bonchev–Trinajstić information content (AvgIpc) is 2.68. The van der Waals surface area contributed by atoms with Crippen molar-refractivity contribution in [2.75, 3.05) is 13.2 Å². The molecule has 0 saturated carbocycles. The number of hydrogen-bond donors (Lipinski definition) is 0. The standard InChI is InChI=1S/C21H26N4O2/c1-5-14-26-24-18(4)21-13-7-10-19(23-21)11-8-15-27-25-17(3)20-12-6-9-16(2)22-20/h5-7,9-10,12-13H,1,8,11,14-15H2,2-4H3/b24-18+,25-17+. The van der Waals surface area contributed by atoms with Crippen molar-refractivity contribution in [3.63, 3.8) is 0 Å². The second-order valence-corrected chi connectivity index (χ2v) is 6.05. The Hall–Kier alpha value is -3.02. The van der Waals surface area contributed by atoms with E-state index in [4.69, 9.17) is 9.68 Å². The number of oxime groups is 2. The van der Waals surface area contributed by atoms with Crippen molar-refractivity contribution in [2.24, 2.45) is 10.3 Å². The zero-order valence-corrected chi connectivity index (χ0v) is 16.2. The number of rotatable bonds is 10. The first-order valence-electron chi connectivity index (χ1n) is 8.94. The van der Waals surface area contributed by atoms with Crippen LogP contribution in [0.15, 0.2) is 59.4 Å². The van der Waals surface area contributed by atoms with Gasteiger partial charge in [0.05, 0.1) is 11.4 Å². The minimum Gasteiger partial charge on any atom is -0.396 e. The van der Waals surface area contributed by atoms with E-state index in [1.165, 1.54) is 0 Å². The monoisotopic (exact) mass is 366 g/mol. The Morgan fingerprint density at radius 3 is 2.37 bits per heavy atom. The normalized spacial score (nSPS) is 12.0. The third-order valence-electron chi connectivity index (χ3n) is 3.70. The van der Waals surface area contributed by atoms with E-state index >= 15 is 0 Å². The molecule has 0 bridgehead atoms. The lowest BCUT2D eigenvalue weighted by atomic mass is 10.2. The summed E-state index contributed by atoms with van der Waals surface area (Å²) in [5.74, 6) is 0. The maximum Gasteiger partial charge on any atom is 0.135 e. The minimum absolute atomic E-state index is 0.381. The van der Waals surface area contributed by atoms with Gasteiger partial charge in [0.15, 0.2) is 0 Å². The highest BCUT2D eigenvalue weighted by Gasteiger charge is 2.03. The predicted octanol–water partition coefficient (Wildman–Crippen LogP) is 4.09. The molecule has 0 fully saturated rings. The van der Waals surface area contributed by atoms with Crippen LogP contribution in [-0.4, -0.2) is 34.6 Å². The van der Waals surface area contributed by atoms with Crippen molar-refractivity contribution >= 4 is 11.4 Å². The van der Waals surface area contributed by atoms with Crippen molar-refractivity contribution in [1.29, 1.82) is 0 Å². The van der Waals surface area contributed by atoms with Gasteiger partial charge in [-0.15, -0.1) is 0 Å². The van der Waals surface area contributed by atoms with Crippen LogP contribution in [0.5, 0.6) is 0 Å². The number of nitrogens with zero attached hydrogens (tertiary/aromatic N) is 4. The molecule has 2 aromatic heterocycles. The second-order valence-electron chi connectivity index (χ2n) is 6.05. The van der Waals surface area contributed by atoms with Crippen LogP contribution in [0.3, 0.4) is 0 Å². The molecule has 27 heavy (non-hydrogen) atoms. The molecular weight excluding hydrogens is 340 g/mol. The molecule has 142 valence electrons. The molecule has 0 saturated heterocycles. The zero-order chi connectivity index (χ0) is 19.5. The van der Waals surface area contributed by atoms with Crippen LogP contribution in [0.1, 0.15) is 43.0 Å². The van der Waals surface area contributed by atoms with Crippen LogP contribution in [0.4, 0.5) is 0 Å². The molecule has 0 radical (unpaired) electrons. The fraction of sp³-hybridized carbons (Fsp3) is 0.333. The van der Waals surface area contributed by atoms with Crippen LogP contribution >= 0.6 is 0 Å². The molecule has 0 unspecified atom stereocenters. The summed E-state index contributed by atoms with van der Waals surface area (Å²) in [7, 11) is 0. The van der Waals surface area contributed by atoms with E-state index in [1.54, 1.807) is 6.08 Å². The first kappa shape index (κ1) is 20.3. The van der Waals surface area contributed by atoms with Crippen molar-refractivity contribution in [3.05, 3.63) is 71.8 Å². The van der Waals surface area contributed by atoms with E-state index in [1.807, 2.05) is 57.2 Å². The Morgan fingerprint density at radius 2 is 1.67 bits per heavy atom. The SMILES string of the molecule is C=CCO/N=C(\C)c1cccc(CCCO/N=C(\C)c2cccc(C)n2)n1. The Bertz CT molecular complexity index is 815. The summed E-state index contributed by atoms with van der Waals surface area (Å²) in [6, 6.07) is 11.7. The van der Waals surface area contributed by atoms with Crippen LogP contribution in [-0.2, 0) is 16.1 Å². The van der Waals surface area contributed by atoms with E-state index in [-0.39, 0.29) is 0 Å². The molecule has 0 N–H and O–H groups in total. The lowest BCUT2D eigenvalue weighted by Gasteiger charge is -2.05. The second kappa shape index (κ2) is 10.9. The molecule has 6 nitrogen and oxygen atoms in total. The van der Waals surface area contributed by atoms with Gasteiger partial charge in [-0.2, -0.15) is 0 Å². The Labute approximate surface area is 160 Å². The third-order valence-corrected chi connectivity index (χ3v) is 3.70. The van der Waals surface area contributed by atoms with E-state index < -0.39 is 0 Å². The summed E-state index contributed by atoms with van der Waals surface area (Å²) in [5.41, 5.74) is 5.08. The van der Waals surface area contributed by atoms with Gasteiger partial charge in [0.2, 0.25) is 0 Å². The summed E-state index contributed by atoms with van der Waals surface area (Å²) in [4.78, 5) is 19.6. The van der Waals surface area contributed by atoms with Crippen molar-refractivity contribution in [2.45, 2.75) is 33.6 Å². The quantitative estimate of drug-likeness (QED) is 0.275. The van der Waals surface area contributed by atoms with Crippen molar-refractivity contribution < 1.29 is 9.68 Å². The summed E-state index contributed by atoms with van der Waals surface area (Å²) in [6.45, 7) is 10.2. The molecule has 0 amide bonds. The van der Waals surface area contributed by atoms with Crippen LogP contribution in [0.25, 0.3) is 0 Å². The number of aryl methyl sites for hydroxylation is 2. The van der Waals surface area contributed by atoms with E-state index in [2.05, 4.69) is 26.9 Å². The molecule has 6 heteroatoms. The fourth-order valence-electron chi connectivity index (χ4n) is 2.31. The van der Waals surface area contributed by atoms with E-state index in [0.717, 1.165) is 47.0 Å². The van der Waals surface area contributed by atoms with E-state index in [9.17, 15) is 0 Å². The topological polar surface area (TPSA) is 69.0 Å². The lowest BCUT2D eigenvalue weighted by molar-refractivity contribution is 0.141.